The molecule has 1 aromatic heterocycles. The molecule has 0 aliphatic rings. The SMILES string of the molecule is CCNCc1cc(COc2cccc(COC)c2)oc1C. The molecule has 4 nitrogen and oxygen atoms in total. The molecule has 114 valence electrons. The van der Waals surface area contributed by atoms with Crippen LogP contribution in [-0.2, 0) is 24.5 Å². The largest absolute Gasteiger partial charge is 0.486 e. The van der Waals surface area contributed by atoms with Crippen molar-refractivity contribution in [3.63, 3.8) is 0 Å². The fraction of sp³-hybridized carbons (Fsp3) is 0.412. The van der Waals surface area contributed by atoms with Crippen molar-refractivity contribution in [1.29, 1.82) is 0 Å². The van der Waals surface area contributed by atoms with Crippen LogP contribution in [0.2, 0.25) is 0 Å². The van der Waals surface area contributed by atoms with Gasteiger partial charge in [0.2, 0.25) is 0 Å². The number of ether oxygens (including phenoxy) is 2. The first-order chi connectivity index (χ1) is 10.2. The van der Waals surface area contributed by atoms with Crippen molar-refractivity contribution < 1.29 is 13.9 Å². The summed E-state index contributed by atoms with van der Waals surface area (Å²) in [7, 11) is 1.69. The average molecular weight is 289 g/mol. The Balaban J connectivity index is 1.94. The lowest BCUT2D eigenvalue weighted by Crippen LogP contribution is -2.11. The van der Waals surface area contributed by atoms with Gasteiger partial charge in [-0.3, -0.25) is 0 Å². The summed E-state index contributed by atoms with van der Waals surface area (Å²) in [6.45, 7) is 6.87. The summed E-state index contributed by atoms with van der Waals surface area (Å²) in [5, 5.41) is 3.30. The van der Waals surface area contributed by atoms with Crippen LogP contribution in [0.25, 0.3) is 0 Å². The van der Waals surface area contributed by atoms with Crippen molar-refractivity contribution in [2.75, 3.05) is 13.7 Å². The highest BCUT2D eigenvalue weighted by Crippen LogP contribution is 2.19. The first kappa shape index (κ1) is 15.6. The third kappa shape index (κ3) is 4.62. The maximum absolute atomic E-state index is 5.78. The van der Waals surface area contributed by atoms with Gasteiger partial charge in [-0.05, 0) is 37.2 Å². The molecule has 21 heavy (non-hydrogen) atoms. The zero-order chi connectivity index (χ0) is 15.1. The lowest BCUT2D eigenvalue weighted by atomic mass is 10.2. The van der Waals surface area contributed by atoms with Gasteiger partial charge in [0.1, 0.15) is 23.9 Å². The molecule has 0 aliphatic carbocycles. The summed E-state index contributed by atoms with van der Waals surface area (Å²) in [5.41, 5.74) is 2.28. The topological polar surface area (TPSA) is 43.6 Å². The number of aryl methyl sites for hydroxylation is 1. The maximum Gasteiger partial charge on any atom is 0.146 e. The minimum absolute atomic E-state index is 0.434. The second-order valence-corrected chi connectivity index (χ2v) is 4.94. The van der Waals surface area contributed by atoms with E-state index in [9.17, 15) is 0 Å². The highest BCUT2D eigenvalue weighted by Gasteiger charge is 2.07. The van der Waals surface area contributed by atoms with Gasteiger partial charge in [0.15, 0.2) is 0 Å². The van der Waals surface area contributed by atoms with Crippen LogP contribution in [0.3, 0.4) is 0 Å². The molecular weight excluding hydrogens is 266 g/mol. The molecule has 1 N–H and O–H groups in total. The number of benzene rings is 1. The number of methoxy groups -OCH3 is 1. The Kier molecular flexibility index (Phi) is 5.84. The smallest absolute Gasteiger partial charge is 0.146 e. The Hall–Kier alpha value is -1.78. The van der Waals surface area contributed by atoms with Crippen molar-refractivity contribution in [2.24, 2.45) is 0 Å². The van der Waals surface area contributed by atoms with Crippen molar-refractivity contribution in [1.82, 2.24) is 5.32 Å². The molecular formula is C17H23NO3. The van der Waals surface area contributed by atoms with Crippen LogP contribution in [-0.4, -0.2) is 13.7 Å². The molecule has 1 heterocycles. The normalized spacial score (nSPS) is 10.8. The highest BCUT2D eigenvalue weighted by molar-refractivity contribution is 5.28. The molecule has 0 amide bonds. The Bertz CT molecular complexity index is 563. The molecule has 0 bridgehead atoms. The quantitative estimate of drug-likeness (QED) is 0.808. The number of hydrogen-bond donors (Lipinski definition) is 1. The van der Waals surface area contributed by atoms with Gasteiger partial charge in [-0.1, -0.05) is 19.1 Å². The van der Waals surface area contributed by atoms with Gasteiger partial charge in [-0.2, -0.15) is 0 Å². The maximum atomic E-state index is 5.78. The molecule has 0 fully saturated rings. The minimum Gasteiger partial charge on any atom is -0.486 e. The second-order valence-electron chi connectivity index (χ2n) is 4.94. The van der Waals surface area contributed by atoms with Crippen LogP contribution in [0.4, 0.5) is 0 Å². The molecule has 0 radical (unpaired) electrons. The summed E-state index contributed by atoms with van der Waals surface area (Å²) in [5.74, 6) is 2.62. The molecule has 0 saturated heterocycles. The summed E-state index contributed by atoms with van der Waals surface area (Å²) >= 11 is 0. The Morgan fingerprint density at radius 2 is 2.05 bits per heavy atom. The molecule has 2 rings (SSSR count). The number of nitrogens with one attached hydrogen (secondary N) is 1. The van der Waals surface area contributed by atoms with E-state index in [1.807, 2.05) is 31.2 Å². The van der Waals surface area contributed by atoms with Crippen molar-refractivity contribution >= 4 is 0 Å². The van der Waals surface area contributed by atoms with E-state index in [1.54, 1.807) is 7.11 Å². The molecule has 0 aliphatic heterocycles. The Morgan fingerprint density at radius 3 is 2.81 bits per heavy atom. The third-order valence-electron chi connectivity index (χ3n) is 3.23. The van der Waals surface area contributed by atoms with Crippen LogP contribution in [0.15, 0.2) is 34.7 Å². The van der Waals surface area contributed by atoms with Crippen molar-refractivity contribution in [2.45, 2.75) is 33.6 Å². The molecule has 0 saturated carbocycles. The molecule has 1 aromatic carbocycles. The zero-order valence-corrected chi connectivity index (χ0v) is 12.9. The van der Waals surface area contributed by atoms with Gasteiger partial charge < -0.3 is 19.2 Å². The van der Waals surface area contributed by atoms with E-state index in [2.05, 4.69) is 18.3 Å². The van der Waals surface area contributed by atoms with Gasteiger partial charge in [-0.25, -0.2) is 0 Å². The van der Waals surface area contributed by atoms with Gasteiger partial charge in [0.05, 0.1) is 6.61 Å². The fourth-order valence-corrected chi connectivity index (χ4v) is 2.14. The highest BCUT2D eigenvalue weighted by atomic mass is 16.5. The van der Waals surface area contributed by atoms with Crippen LogP contribution in [0, 0.1) is 6.92 Å². The van der Waals surface area contributed by atoms with Gasteiger partial charge in [0.25, 0.3) is 0 Å². The lowest BCUT2D eigenvalue weighted by molar-refractivity contribution is 0.184. The van der Waals surface area contributed by atoms with Crippen LogP contribution in [0.1, 0.15) is 29.6 Å². The van der Waals surface area contributed by atoms with Crippen molar-refractivity contribution in [3.8, 4) is 5.75 Å². The van der Waals surface area contributed by atoms with E-state index in [1.165, 1.54) is 5.56 Å². The van der Waals surface area contributed by atoms with Gasteiger partial charge in [-0.15, -0.1) is 0 Å². The molecule has 0 spiro atoms. The van der Waals surface area contributed by atoms with E-state index < -0.39 is 0 Å². The Labute approximate surface area is 126 Å². The van der Waals surface area contributed by atoms with Crippen LogP contribution >= 0.6 is 0 Å². The standard InChI is InChI=1S/C17H23NO3/c1-4-18-10-15-9-17(21-13(15)2)12-20-16-7-5-6-14(8-16)11-19-3/h5-9,18H,4,10-12H2,1-3H3. The number of furan rings is 1. The molecule has 0 unspecified atom stereocenters. The minimum atomic E-state index is 0.434. The monoisotopic (exact) mass is 289 g/mol. The van der Waals surface area contributed by atoms with Crippen molar-refractivity contribution in [3.05, 3.63) is 53.0 Å². The van der Waals surface area contributed by atoms with E-state index in [4.69, 9.17) is 13.9 Å². The predicted octanol–water partition coefficient (Wildman–Crippen LogP) is 3.42. The second kappa shape index (κ2) is 7.86. The number of rotatable bonds is 8. The summed E-state index contributed by atoms with van der Waals surface area (Å²) in [4.78, 5) is 0. The molecule has 2 aromatic rings. The fourth-order valence-electron chi connectivity index (χ4n) is 2.14. The average Bonchev–Trinajstić information content (AvgIpc) is 2.84. The first-order valence-corrected chi connectivity index (χ1v) is 7.22. The van der Waals surface area contributed by atoms with Crippen LogP contribution < -0.4 is 10.1 Å². The molecule has 4 heteroatoms. The van der Waals surface area contributed by atoms with Gasteiger partial charge in [0, 0.05) is 19.2 Å². The zero-order valence-electron chi connectivity index (χ0n) is 12.9. The van der Waals surface area contributed by atoms with E-state index in [0.717, 1.165) is 35.9 Å². The number of hydrogen-bond acceptors (Lipinski definition) is 4. The van der Waals surface area contributed by atoms with Gasteiger partial charge >= 0.3 is 0 Å². The van der Waals surface area contributed by atoms with E-state index in [0.29, 0.717) is 13.2 Å². The third-order valence-corrected chi connectivity index (χ3v) is 3.23. The van der Waals surface area contributed by atoms with Crippen LogP contribution in [0.5, 0.6) is 5.75 Å². The Morgan fingerprint density at radius 1 is 1.19 bits per heavy atom. The molecule has 0 atom stereocenters. The van der Waals surface area contributed by atoms with E-state index >= 15 is 0 Å². The summed E-state index contributed by atoms with van der Waals surface area (Å²) < 4.78 is 16.6. The summed E-state index contributed by atoms with van der Waals surface area (Å²) in [6, 6.07) is 9.96. The first-order valence-electron chi connectivity index (χ1n) is 7.22. The lowest BCUT2D eigenvalue weighted by Gasteiger charge is -2.06. The van der Waals surface area contributed by atoms with E-state index in [-0.39, 0.29) is 0 Å². The predicted molar refractivity (Wildman–Crippen MR) is 82.3 cm³/mol. The summed E-state index contributed by atoms with van der Waals surface area (Å²) in [6.07, 6.45) is 0.